The number of aryl methyl sites for hydroxylation is 1. The van der Waals surface area contributed by atoms with Crippen molar-refractivity contribution in [2.75, 3.05) is 28.7 Å². The third-order valence-corrected chi connectivity index (χ3v) is 4.39. The van der Waals surface area contributed by atoms with E-state index in [1.165, 1.54) is 6.92 Å². The highest BCUT2D eigenvalue weighted by atomic mass is 35.5. The highest BCUT2D eigenvalue weighted by Crippen LogP contribution is 2.21. The van der Waals surface area contributed by atoms with Gasteiger partial charge in [-0.15, -0.1) is 12.4 Å². The van der Waals surface area contributed by atoms with Crippen molar-refractivity contribution in [3.8, 4) is 0 Å². The van der Waals surface area contributed by atoms with E-state index in [2.05, 4.69) is 16.0 Å². The Morgan fingerprint density at radius 3 is 2.77 bits per heavy atom. The average Bonchev–Trinajstić information content (AvgIpc) is 2.43. The Bertz CT molecular complexity index is 534. The van der Waals surface area contributed by atoms with Crippen LogP contribution in [0.5, 0.6) is 0 Å². The molecule has 7 heteroatoms. The summed E-state index contributed by atoms with van der Waals surface area (Å²) in [5.41, 5.74) is 2.41. The minimum atomic E-state index is -0.125. The van der Waals surface area contributed by atoms with Gasteiger partial charge in [-0.25, -0.2) is 0 Å². The zero-order chi connectivity index (χ0) is 15.2. The quantitative estimate of drug-likeness (QED) is 0.785. The summed E-state index contributed by atoms with van der Waals surface area (Å²) in [6, 6.07) is 5.74. The maximum Gasteiger partial charge on any atom is 0.225 e. The first-order valence-corrected chi connectivity index (χ1v) is 8.19. The predicted molar refractivity (Wildman–Crippen MR) is 95.1 cm³/mol. The second-order valence-corrected chi connectivity index (χ2v) is 6.34. The van der Waals surface area contributed by atoms with Crippen LogP contribution in [0, 0.1) is 6.92 Å². The number of hydrogen-bond donors (Lipinski definition) is 3. The molecule has 0 spiro atoms. The fourth-order valence-corrected chi connectivity index (χ4v) is 3.16. The smallest absolute Gasteiger partial charge is 0.225 e. The molecule has 5 nitrogen and oxygen atoms in total. The minimum Gasteiger partial charge on any atom is -0.326 e. The molecule has 1 atom stereocenters. The van der Waals surface area contributed by atoms with E-state index in [1.807, 2.05) is 30.8 Å². The van der Waals surface area contributed by atoms with Crippen LogP contribution in [0.4, 0.5) is 11.4 Å². The number of carbonyl (C=O) groups is 2. The molecule has 1 saturated heterocycles. The van der Waals surface area contributed by atoms with Crippen molar-refractivity contribution in [2.24, 2.45) is 0 Å². The molecule has 122 valence electrons. The zero-order valence-corrected chi connectivity index (χ0v) is 14.4. The van der Waals surface area contributed by atoms with E-state index in [9.17, 15) is 9.59 Å². The lowest BCUT2D eigenvalue weighted by molar-refractivity contribution is -0.116. The molecule has 2 rings (SSSR count). The van der Waals surface area contributed by atoms with Crippen LogP contribution in [0.1, 0.15) is 18.9 Å². The van der Waals surface area contributed by atoms with Crippen molar-refractivity contribution >= 4 is 47.4 Å². The molecule has 0 radical (unpaired) electrons. The molecule has 1 heterocycles. The van der Waals surface area contributed by atoms with Gasteiger partial charge in [-0.05, 0) is 24.6 Å². The van der Waals surface area contributed by atoms with Gasteiger partial charge in [0.25, 0.3) is 0 Å². The van der Waals surface area contributed by atoms with Gasteiger partial charge < -0.3 is 16.0 Å². The molecule has 0 saturated carbocycles. The van der Waals surface area contributed by atoms with Crippen LogP contribution < -0.4 is 16.0 Å². The summed E-state index contributed by atoms with van der Waals surface area (Å²) in [5, 5.41) is 9.00. The van der Waals surface area contributed by atoms with Crippen molar-refractivity contribution in [2.45, 2.75) is 26.3 Å². The van der Waals surface area contributed by atoms with Gasteiger partial charge >= 0.3 is 0 Å². The summed E-state index contributed by atoms with van der Waals surface area (Å²) >= 11 is 1.87. The molecule has 3 N–H and O–H groups in total. The monoisotopic (exact) mass is 343 g/mol. The molecule has 1 aliphatic heterocycles. The SMILES string of the molecule is CC(=O)Nc1ccc(C)c(NC(=O)CC2CSCCN2)c1.Cl. The number of rotatable bonds is 4. The van der Waals surface area contributed by atoms with Gasteiger partial charge in [0.05, 0.1) is 0 Å². The van der Waals surface area contributed by atoms with Crippen LogP contribution in [0.15, 0.2) is 18.2 Å². The normalized spacial score (nSPS) is 17.3. The molecular formula is C15H22ClN3O2S. The van der Waals surface area contributed by atoms with E-state index >= 15 is 0 Å². The predicted octanol–water partition coefficient (Wildman–Crippen LogP) is 2.41. The minimum absolute atomic E-state index is 0. The van der Waals surface area contributed by atoms with Gasteiger partial charge in [0.1, 0.15) is 0 Å². The maximum atomic E-state index is 12.1. The molecular weight excluding hydrogens is 322 g/mol. The number of hydrogen-bond acceptors (Lipinski definition) is 4. The van der Waals surface area contributed by atoms with Gasteiger partial charge in [0.15, 0.2) is 0 Å². The first-order valence-electron chi connectivity index (χ1n) is 7.04. The van der Waals surface area contributed by atoms with Crippen molar-refractivity contribution in [3.05, 3.63) is 23.8 Å². The first-order chi connectivity index (χ1) is 10.0. The molecule has 0 aliphatic carbocycles. The summed E-state index contributed by atoms with van der Waals surface area (Å²) < 4.78 is 0. The molecule has 2 amide bonds. The standard InChI is InChI=1S/C15H21N3O2S.ClH/c1-10-3-4-12(17-11(2)19)7-14(10)18-15(20)8-13-9-21-6-5-16-13;/h3-4,7,13,16H,5-6,8-9H2,1-2H3,(H,17,19)(H,18,20);1H. The summed E-state index contributed by atoms with van der Waals surface area (Å²) in [5.74, 6) is 1.95. The second-order valence-electron chi connectivity index (χ2n) is 5.19. The van der Waals surface area contributed by atoms with Gasteiger partial charge in [-0.1, -0.05) is 6.07 Å². The fraction of sp³-hybridized carbons (Fsp3) is 0.467. The van der Waals surface area contributed by atoms with Crippen molar-refractivity contribution in [1.29, 1.82) is 0 Å². The van der Waals surface area contributed by atoms with Crippen LogP contribution in [0.2, 0.25) is 0 Å². The van der Waals surface area contributed by atoms with Crippen LogP contribution in [0.25, 0.3) is 0 Å². The Morgan fingerprint density at radius 1 is 1.36 bits per heavy atom. The molecule has 1 aromatic rings. The Labute approximate surface area is 141 Å². The van der Waals surface area contributed by atoms with E-state index in [-0.39, 0.29) is 30.3 Å². The molecule has 0 bridgehead atoms. The molecule has 0 aromatic heterocycles. The number of anilines is 2. The van der Waals surface area contributed by atoms with E-state index < -0.39 is 0 Å². The highest BCUT2D eigenvalue weighted by Gasteiger charge is 2.17. The van der Waals surface area contributed by atoms with Crippen molar-refractivity contribution < 1.29 is 9.59 Å². The number of thioether (sulfide) groups is 1. The summed E-state index contributed by atoms with van der Waals surface area (Å²) in [6.07, 6.45) is 0.469. The number of halogens is 1. The lowest BCUT2D eigenvalue weighted by Gasteiger charge is -2.22. The second kappa shape index (κ2) is 9.02. The Hall–Kier alpha value is -1.24. The Morgan fingerprint density at radius 2 is 2.14 bits per heavy atom. The number of amides is 2. The van der Waals surface area contributed by atoms with Gasteiger partial charge in [0, 0.05) is 48.8 Å². The third-order valence-electron chi connectivity index (χ3n) is 3.26. The third kappa shape index (κ3) is 5.87. The van der Waals surface area contributed by atoms with E-state index in [1.54, 1.807) is 6.07 Å². The summed E-state index contributed by atoms with van der Waals surface area (Å²) in [4.78, 5) is 23.2. The van der Waals surface area contributed by atoms with E-state index in [0.717, 1.165) is 29.3 Å². The van der Waals surface area contributed by atoms with E-state index in [4.69, 9.17) is 0 Å². The van der Waals surface area contributed by atoms with Crippen LogP contribution in [0.3, 0.4) is 0 Å². The molecule has 1 unspecified atom stereocenters. The lowest BCUT2D eigenvalue weighted by atomic mass is 10.1. The highest BCUT2D eigenvalue weighted by molar-refractivity contribution is 7.99. The number of benzene rings is 1. The number of nitrogens with one attached hydrogen (secondary N) is 3. The number of carbonyl (C=O) groups excluding carboxylic acids is 2. The maximum absolute atomic E-state index is 12.1. The fourth-order valence-electron chi connectivity index (χ4n) is 2.21. The van der Waals surface area contributed by atoms with Crippen LogP contribution >= 0.6 is 24.2 Å². The topological polar surface area (TPSA) is 70.2 Å². The van der Waals surface area contributed by atoms with Gasteiger partial charge in [-0.3, -0.25) is 9.59 Å². The zero-order valence-electron chi connectivity index (χ0n) is 12.8. The van der Waals surface area contributed by atoms with Crippen LogP contribution in [-0.4, -0.2) is 35.9 Å². The molecule has 1 aliphatic rings. The van der Waals surface area contributed by atoms with Gasteiger partial charge in [0.2, 0.25) is 11.8 Å². The van der Waals surface area contributed by atoms with Crippen molar-refractivity contribution in [3.63, 3.8) is 0 Å². The van der Waals surface area contributed by atoms with Crippen molar-refractivity contribution in [1.82, 2.24) is 5.32 Å². The summed E-state index contributed by atoms with van der Waals surface area (Å²) in [6.45, 7) is 4.35. The molecule has 1 aromatic carbocycles. The lowest BCUT2D eigenvalue weighted by Crippen LogP contribution is -2.39. The average molecular weight is 344 g/mol. The largest absolute Gasteiger partial charge is 0.326 e. The molecule has 22 heavy (non-hydrogen) atoms. The molecule has 1 fully saturated rings. The van der Waals surface area contributed by atoms with E-state index in [0.29, 0.717) is 12.1 Å². The Kier molecular flexibility index (Phi) is 7.72. The van der Waals surface area contributed by atoms with Crippen LogP contribution in [-0.2, 0) is 9.59 Å². The Balaban J connectivity index is 0.00000242. The first kappa shape index (κ1) is 18.8. The summed E-state index contributed by atoms with van der Waals surface area (Å²) in [7, 11) is 0. The van der Waals surface area contributed by atoms with Gasteiger partial charge in [-0.2, -0.15) is 11.8 Å².